The fourth-order valence-electron chi connectivity index (χ4n) is 6.95. The molecule has 1 aliphatic carbocycles. The largest absolute Gasteiger partial charge is 0.507 e. The summed E-state index contributed by atoms with van der Waals surface area (Å²) in [5.74, 6) is -0.689. The minimum absolute atomic E-state index is 0.0504. The SMILES string of the molecule is CCCC1=C2[C@@H](CC/C(C)=C/c3ccccc3O)OC[C@@H]2[C@@H]2C(=O)N(c3ccc(Nc4ccccc4)cc3)C(=O)[C@@H]2C1. The zero-order valence-electron chi connectivity index (χ0n) is 24.3. The first-order chi connectivity index (χ1) is 20.4. The van der Waals surface area contributed by atoms with Crippen LogP contribution >= 0.6 is 0 Å². The zero-order valence-corrected chi connectivity index (χ0v) is 24.3. The first kappa shape index (κ1) is 28.0. The molecule has 2 amide bonds. The van der Waals surface area contributed by atoms with E-state index < -0.39 is 0 Å². The molecule has 0 bridgehead atoms. The normalized spacial score (nSPS) is 23.8. The van der Waals surface area contributed by atoms with Crippen molar-refractivity contribution in [3.8, 4) is 5.75 Å². The average molecular weight is 563 g/mol. The second kappa shape index (κ2) is 12.0. The Kier molecular flexibility index (Phi) is 7.98. The molecule has 0 unspecified atom stereocenters. The molecule has 6 nitrogen and oxygen atoms in total. The number of benzene rings is 3. The Bertz CT molecular complexity index is 1530. The van der Waals surface area contributed by atoms with Crippen molar-refractivity contribution in [3.63, 3.8) is 0 Å². The number of phenolic OH excluding ortho intramolecular Hbond substituents is 1. The molecule has 4 atom stereocenters. The Morgan fingerprint density at radius 2 is 1.67 bits per heavy atom. The summed E-state index contributed by atoms with van der Waals surface area (Å²) >= 11 is 0. The van der Waals surface area contributed by atoms with Gasteiger partial charge in [0.1, 0.15) is 5.75 Å². The molecule has 0 aromatic heterocycles. The van der Waals surface area contributed by atoms with Crippen molar-refractivity contribution in [2.45, 2.75) is 52.1 Å². The summed E-state index contributed by atoms with van der Waals surface area (Å²) in [6.45, 7) is 4.72. The molecule has 2 saturated heterocycles. The van der Waals surface area contributed by atoms with Gasteiger partial charge < -0.3 is 15.2 Å². The lowest BCUT2D eigenvalue weighted by Crippen LogP contribution is -2.34. The number of nitrogens with zero attached hydrogens (tertiary/aromatic N) is 1. The highest BCUT2D eigenvalue weighted by molar-refractivity contribution is 6.22. The lowest BCUT2D eigenvalue weighted by Gasteiger charge is -2.31. The van der Waals surface area contributed by atoms with Crippen LogP contribution in [0.2, 0.25) is 0 Å². The molecule has 3 aromatic rings. The van der Waals surface area contributed by atoms with Gasteiger partial charge in [0.25, 0.3) is 0 Å². The molecule has 0 radical (unpaired) electrons. The van der Waals surface area contributed by atoms with Crippen LogP contribution in [0.3, 0.4) is 0 Å². The van der Waals surface area contributed by atoms with Crippen molar-refractivity contribution in [3.05, 3.63) is 101 Å². The number of nitrogens with one attached hydrogen (secondary N) is 1. The fraction of sp³-hybridized carbons (Fsp3) is 0.333. The number of anilines is 3. The maximum atomic E-state index is 13.9. The van der Waals surface area contributed by atoms with Gasteiger partial charge in [-0.05, 0) is 80.6 Å². The van der Waals surface area contributed by atoms with E-state index in [9.17, 15) is 14.7 Å². The molecule has 6 rings (SSSR count). The maximum absolute atomic E-state index is 13.9. The number of aromatic hydroxyl groups is 1. The Labute approximate surface area is 247 Å². The topological polar surface area (TPSA) is 78.9 Å². The van der Waals surface area contributed by atoms with E-state index in [2.05, 4.69) is 19.2 Å². The van der Waals surface area contributed by atoms with E-state index in [-0.39, 0.29) is 41.4 Å². The number of rotatable bonds is 9. The summed E-state index contributed by atoms with van der Waals surface area (Å²) in [5.41, 5.74) is 7.04. The predicted molar refractivity (Wildman–Crippen MR) is 166 cm³/mol. The highest BCUT2D eigenvalue weighted by Crippen LogP contribution is 2.51. The van der Waals surface area contributed by atoms with E-state index in [1.165, 1.54) is 21.6 Å². The molecule has 0 saturated carbocycles. The van der Waals surface area contributed by atoms with Crippen LogP contribution in [0.4, 0.5) is 17.1 Å². The standard InChI is InChI=1S/C36H38N2O4/c1-3-9-25-21-29-34(30-22-42-32(33(25)30)19-14-23(2)20-24-10-7-8-13-31(24)39)36(41)38(35(29)40)28-17-15-27(16-18-28)37-26-11-5-4-6-12-26/h4-8,10-13,15-18,20,29-30,32,34,37,39H,3,9,14,19,21-22H2,1-2H3/b23-20+/t29-,30+,32-,34-/m1/s1. The van der Waals surface area contributed by atoms with E-state index in [1.54, 1.807) is 6.07 Å². The van der Waals surface area contributed by atoms with Gasteiger partial charge in [0.2, 0.25) is 11.8 Å². The van der Waals surface area contributed by atoms with Crippen molar-refractivity contribution in [2.24, 2.45) is 17.8 Å². The Morgan fingerprint density at radius 3 is 2.40 bits per heavy atom. The lowest BCUT2D eigenvalue weighted by atomic mass is 9.68. The highest BCUT2D eigenvalue weighted by atomic mass is 16.5. The van der Waals surface area contributed by atoms with Crippen LogP contribution in [0.15, 0.2) is 95.6 Å². The smallest absolute Gasteiger partial charge is 0.238 e. The molecule has 0 spiro atoms. The molecular weight excluding hydrogens is 524 g/mol. The number of carbonyl (C=O) groups excluding carboxylic acids is 2. The summed E-state index contributed by atoms with van der Waals surface area (Å²) in [6, 6.07) is 24.8. The number of amides is 2. The number of imide groups is 1. The van der Waals surface area contributed by atoms with Gasteiger partial charge in [-0.2, -0.15) is 0 Å². The maximum Gasteiger partial charge on any atom is 0.238 e. The average Bonchev–Trinajstić information content (AvgIpc) is 3.53. The summed E-state index contributed by atoms with van der Waals surface area (Å²) in [4.78, 5) is 29.1. The third-order valence-electron chi connectivity index (χ3n) is 8.89. The first-order valence-corrected chi connectivity index (χ1v) is 15.0. The molecular formula is C36H38N2O4. The number of para-hydroxylation sites is 2. The van der Waals surface area contributed by atoms with Gasteiger partial charge in [0, 0.05) is 22.9 Å². The number of carbonyl (C=O) groups is 2. The van der Waals surface area contributed by atoms with Gasteiger partial charge in [0.05, 0.1) is 30.2 Å². The van der Waals surface area contributed by atoms with Gasteiger partial charge in [0.15, 0.2) is 0 Å². The monoisotopic (exact) mass is 562 g/mol. The van der Waals surface area contributed by atoms with Crippen LogP contribution in [0, 0.1) is 17.8 Å². The van der Waals surface area contributed by atoms with Crippen LogP contribution in [-0.2, 0) is 14.3 Å². The van der Waals surface area contributed by atoms with Crippen LogP contribution in [0.5, 0.6) is 5.75 Å². The van der Waals surface area contributed by atoms with Crippen molar-refractivity contribution < 1.29 is 19.4 Å². The lowest BCUT2D eigenvalue weighted by molar-refractivity contribution is -0.122. The Hall–Kier alpha value is -4.16. The summed E-state index contributed by atoms with van der Waals surface area (Å²) in [6.07, 6.45) is 6.15. The molecule has 3 aliphatic rings. The van der Waals surface area contributed by atoms with E-state index in [0.717, 1.165) is 42.6 Å². The summed E-state index contributed by atoms with van der Waals surface area (Å²) in [7, 11) is 0. The van der Waals surface area contributed by atoms with Crippen molar-refractivity contribution in [1.29, 1.82) is 0 Å². The second-order valence-corrected chi connectivity index (χ2v) is 11.7. The minimum atomic E-state index is -0.377. The Balaban J connectivity index is 1.19. The number of fused-ring (bicyclic) bond motifs is 3. The molecule has 2 heterocycles. The number of hydrogen-bond donors (Lipinski definition) is 2. The molecule has 42 heavy (non-hydrogen) atoms. The van der Waals surface area contributed by atoms with Crippen molar-refractivity contribution in [2.75, 3.05) is 16.8 Å². The minimum Gasteiger partial charge on any atom is -0.507 e. The molecule has 216 valence electrons. The predicted octanol–water partition coefficient (Wildman–Crippen LogP) is 7.64. The summed E-state index contributed by atoms with van der Waals surface area (Å²) in [5, 5.41) is 13.5. The number of phenols is 1. The van der Waals surface area contributed by atoms with Gasteiger partial charge in [-0.15, -0.1) is 0 Å². The summed E-state index contributed by atoms with van der Waals surface area (Å²) < 4.78 is 6.38. The highest BCUT2D eigenvalue weighted by Gasteiger charge is 2.57. The molecule has 6 heteroatoms. The molecule has 3 aromatic carbocycles. The zero-order chi connectivity index (χ0) is 29.2. The van der Waals surface area contributed by atoms with Crippen molar-refractivity contribution >= 4 is 35.0 Å². The number of hydrogen-bond acceptors (Lipinski definition) is 5. The number of ether oxygens (including phenoxy) is 1. The van der Waals surface area contributed by atoms with E-state index in [4.69, 9.17) is 4.74 Å². The van der Waals surface area contributed by atoms with Gasteiger partial charge in [-0.3, -0.25) is 14.5 Å². The third kappa shape index (κ3) is 5.39. The van der Waals surface area contributed by atoms with E-state index in [0.29, 0.717) is 18.7 Å². The van der Waals surface area contributed by atoms with Crippen LogP contribution in [0.1, 0.15) is 51.5 Å². The van der Waals surface area contributed by atoms with Crippen LogP contribution in [-0.4, -0.2) is 29.6 Å². The van der Waals surface area contributed by atoms with E-state index in [1.807, 2.05) is 78.9 Å². The van der Waals surface area contributed by atoms with E-state index >= 15 is 0 Å². The molecule has 2 N–H and O–H groups in total. The van der Waals surface area contributed by atoms with Gasteiger partial charge in [-0.25, -0.2) is 0 Å². The van der Waals surface area contributed by atoms with Crippen molar-refractivity contribution in [1.82, 2.24) is 0 Å². The quantitative estimate of drug-likeness (QED) is 0.207. The molecule has 2 fully saturated rings. The van der Waals surface area contributed by atoms with Crippen LogP contribution in [0.25, 0.3) is 6.08 Å². The van der Waals surface area contributed by atoms with Gasteiger partial charge >= 0.3 is 0 Å². The second-order valence-electron chi connectivity index (χ2n) is 11.7. The van der Waals surface area contributed by atoms with Crippen LogP contribution < -0.4 is 10.2 Å². The number of allylic oxidation sites excluding steroid dienone is 2. The Morgan fingerprint density at radius 1 is 0.952 bits per heavy atom. The third-order valence-corrected chi connectivity index (χ3v) is 8.89. The van der Waals surface area contributed by atoms with Gasteiger partial charge in [-0.1, -0.05) is 67.0 Å². The molecule has 2 aliphatic heterocycles. The fourth-order valence-corrected chi connectivity index (χ4v) is 6.95. The first-order valence-electron chi connectivity index (χ1n) is 15.0.